The largest absolute Gasteiger partial charge is 0.353 e. The SMILES string of the molecule is CC(C)(C)C(=O)N1CSCC1C(=O)NCCNC1CCCCCC1.Cl. The molecule has 1 atom stereocenters. The van der Waals surface area contributed by atoms with E-state index in [4.69, 9.17) is 0 Å². The summed E-state index contributed by atoms with van der Waals surface area (Å²) in [6.07, 6.45) is 7.83. The third kappa shape index (κ3) is 6.99. The second-order valence-electron chi connectivity index (χ2n) is 7.97. The zero-order chi connectivity index (χ0) is 17.6. The highest BCUT2D eigenvalue weighted by molar-refractivity contribution is 7.99. The van der Waals surface area contributed by atoms with Gasteiger partial charge in [0.25, 0.3) is 0 Å². The summed E-state index contributed by atoms with van der Waals surface area (Å²) in [5.41, 5.74) is -0.440. The molecule has 2 fully saturated rings. The van der Waals surface area contributed by atoms with Gasteiger partial charge in [-0.1, -0.05) is 46.5 Å². The first-order chi connectivity index (χ1) is 11.4. The van der Waals surface area contributed by atoms with E-state index in [2.05, 4.69) is 10.6 Å². The van der Waals surface area contributed by atoms with E-state index in [1.165, 1.54) is 38.5 Å². The Morgan fingerprint density at radius 2 is 1.72 bits per heavy atom. The lowest BCUT2D eigenvalue weighted by Gasteiger charge is -2.29. The standard InChI is InChI=1S/C18H33N3O2S.ClH/c1-18(2,3)17(23)21-13-24-12-15(21)16(22)20-11-10-19-14-8-6-4-5-7-9-14;/h14-15,19H,4-13H2,1-3H3,(H,20,22);1H. The number of nitrogens with one attached hydrogen (secondary N) is 2. The predicted octanol–water partition coefficient (Wildman–Crippen LogP) is 2.78. The van der Waals surface area contributed by atoms with Crippen LogP contribution in [0.15, 0.2) is 0 Å². The van der Waals surface area contributed by atoms with Crippen molar-refractivity contribution in [3.05, 3.63) is 0 Å². The second-order valence-corrected chi connectivity index (χ2v) is 8.97. The Labute approximate surface area is 162 Å². The van der Waals surface area contributed by atoms with Gasteiger partial charge in [0.05, 0.1) is 5.88 Å². The minimum atomic E-state index is -0.440. The molecule has 146 valence electrons. The first-order valence-corrected chi connectivity index (χ1v) is 10.4. The van der Waals surface area contributed by atoms with Gasteiger partial charge >= 0.3 is 0 Å². The van der Waals surface area contributed by atoms with Gasteiger partial charge in [-0.05, 0) is 12.8 Å². The van der Waals surface area contributed by atoms with Gasteiger partial charge in [-0.15, -0.1) is 24.2 Å². The number of carbonyl (C=O) groups is 2. The van der Waals surface area contributed by atoms with Crippen LogP contribution >= 0.6 is 24.2 Å². The van der Waals surface area contributed by atoms with Crippen LogP contribution in [0.5, 0.6) is 0 Å². The van der Waals surface area contributed by atoms with Crippen molar-refractivity contribution in [1.82, 2.24) is 15.5 Å². The Morgan fingerprint density at radius 3 is 2.32 bits per heavy atom. The van der Waals surface area contributed by atoms with Crippen LogP contribution in [0.4, 0.5) is 0 Å². The van der Waals surface area contributed by atoms with E-state index in [0.717, 1.165) is 6.54 Å². The summed E-state index contributed by atoms with van der Waals surface area (Å²) < 4.78 is 0. The maximum Gasteiger partial charge on any atom is 0.243 e. The topological polar surface area (TPSA) is 61.4 Å². The molecule has 1 aliphatic heterocycles. The normalized spacial score (nSPS) is 22.2. The van der Waals surface area contributed by atoms with Crippen LogP contribution in [0.25, 0.3) is 0 Å². The molecule has 2 amide bonds. The molecule has 2 aliphatic rings. The van der Waals surface area contributed by atoms with Crippen molar-refractivity contribution < 1.29 is 9.59 Å². The molecule has 1 saturated heterocycles. The molecule has 0 aromatic heterocycles. The summed E-state index contributed by atoms with van der Waals surface area (Å²) in [4.78, 5) is 26.7. The quantitative estimate of drug-likeness (QED) is 0.558. The molecule has 2 rings (SSSR count). The zero-order valence-electron chi connectivity index (χ0n) is 15.8. The smallest absolute Gasteiger partial charge is 0.243 e. The Hall–Kier alpha value is -0.460. The maximum atomic E-state index is 12.5. The van der Waals surface area contributed by atoms with Gasteiger partial charge in [0.2, 0.25) is 11.8 Å². The summed E-state index contributed by atoms with van der Waals surface area (Å²) in [7, 11) is 0. The van der Waals surface area contributed by atoms with E-state index in [1.807, 2.05) is 20.8 Å². The van der Waals surface area contributed by atoms with Gasteiger partial charge in [-0.3, -0.25) is 9.59 Å². The van der Waals surface area contributed by atoms with Gasteiger partial charge in [0.1, 0.15) is 6.04 Å². The van der Waals surface area contributed by atoms with Crippen molar-refractivity contribution in [3.8, 4) is 0 Å². The van der Waals surface area contributed by atoms with E-state index in [-0.39, 0.29) is 30.3 Å². The van der Waals surface area contributed by atoms with Crippen LogP contribution in [0, 0.1) is 5.41 Å². The fourth-order valence-electron chi connectivity index (χ4n) is 3.35. The highest BCUT2D eigenvalue weighted by Gasteiger charge is 2.38. The van der Waals surface area contributed by atoms with Gasteiger partial charge in [-0.2, -0.15) is 0 Å². The molecule has 1 heterocycles. The third-order valence-corrected chi connectivity index (χ3v) is 5.81. The van der Waals surface area contributed by atoms with Crippen molar-refractivity contribution in [1.29, 1.82) is 0 Å². The Morgan fingerprint density at radius 1 is 1.08 bits per heavy atom. The van der Waals surface area contributed by atoms with Gasteiger partial charge in [0.15, 0.2) is 0 Å². The van der Waals surface area contributed by atoms with Gasteiger partial charge in [0, 0.05) is 30.3 Å². The molecular weight excluding hydrogens is 358 g/mol. The fourth-order valence-corrected chi connectivity index (χ4v) is 4.51. The number of halogens is 1. The fraction of sp³-hybridized carbons (Fsp3) is 0.889. The molecule has 5 nitrogen and oxygen atoms in total. The number of hydrogen-bond acceptors (Lipinski definition) is 4. The highest BCUT2D eigenvalue weighted by atomic mass is 35.5. The average Bonchev–Trinajstić information content (AvgIpc) is 2.87. The number of nitrogens with zero attached hydrogens (tertiary/aromatic N) is 1. The second kappa shape index (κ2) is 10.6. The molecule has 0 bridgehead atoms. The molecule has 0 spiro atoms. The number of amides is 2. The summed E-state index contributed by atoms with van der Waals surface area (Å²) in [5.74, 6) is 1.36. The first kappa shape index (κ1) is 22.6. The molecule has 0 aromatic carbocycles. The van der Waals surface area contributed by atoms with Crippen LogP contribution < -0.4 is 10.6 Å². The van der Waals surface area contributed by atoms with Crippen LogP contribution in [-0.2, 0) is 9.59 Å². The molecule has 1 saturated carbocycles. The molecule has 0 radical (unpaired) electrons. The van der Waals surface area contributed by atoms with Crippen molar-refractivity contribution in [2.75, 3.05) is 24.7 Å². The van der Waals surface area contributed by atoms with Gasteiger partial charge < -0.3 is 15.5 Å². The van der Waals surface area contributed by atoms with Crippen molar-refractivity contribution in [3.63, 3.8) is 0 Å². The van der Waals surface area contributed by atoms with E-state index in [0.29, 0.717) is 24.2 Å². The summed E-state index contributed by atoms with van der Waals surface area (Å²) in [6, 6.07) is 0.282. The molecule has 7 heteroatoms. The lowest BCUT2D eigenvalue weighted by atomic mass is 9.94. The Bertz CT molecular complexity index is 435. The van der Waals surface area contributed by atoms with E-state index in [9.17, 15) is 9.59 Å². The Balaban J connectivity index is 0.00000312. The minimum absolute atomic E-state index is 0. The van der Waals surface area contributed by atoms with Crippen LogP contribution in [0.3, 0.4) is 0 Å². The third-order valence-electron chi connectivity index (χ3n) is 4.80. The van der Waals surface area contributed by atoms with E-state index >= 15 is 0 Å². The number of carbonyl (C=O) groups excluding carboxylic acids is 2. The highest BCUT2D eigenvalue weighted by Crippen LogP contribution is 2.27. The predicted molar refractivity (Wildman–Crippen MR) is 107 cm³/mol. The van der Waals surface area contributed by atoms with E-state index in [1.54, 1.807) is 16.7 Å². The van der Waals surface area contributed by atoms with Crippen LogP contribution in [0.1, 0.15) is 59.3 Å². The van der Waals surface area contributed by atoms with Crippen LogP contribution in [0.2, 0.25) is 0 Å². The zero-order valence-corrected chi connectivity index (χ0v) is 17.4. The summed E-state index contributed by atoms with van der Waals surface area (Å²) in [6.45, 7) is 7.16. The van der Waals surface area contributed by atoms with Gasteiger partial charge in [-0.25, -0.2) is 0 Å². The molecule has 2 N–H and O–H groups in total. The van der Waals surface area contributed by atoms with Crippen molar-refractivity contribution in [2.24, 2.45) is 5.41 Å². The van der Waals surface area contributed by atoms with Crippen molar-refractivity contribution >= 4 is 36.0 Å². The molecule has 1 aliphatic carbocycles. The maximum absolute atomic E-state index is 12.5. The number of hydrogen-bond donors (Lipinski definition) is 2. The molecule has 25 heavy (non-hydrogen) atoms. The average molecular weight is 392 g/mol. The Kier molecular flexibility index (Phi) is 9.60. The molecule has 0 aromatic rings. The number of rotatable bonds is 5. The van der Waals surface area contributed by atoms with E-state index < -0.39 is 5.41 Å². The minimum Gasteiger partial charge on any atom is -0.353 e. The van der Waals surface area contributed by atoms with Crippen LogP contribution in [-0.4, -0.2) is 53.5 Å². The molecule has 1 unspecified atom stereocenters. The van der Waals surface area contributed by atoms with Crippen molar-refractivity contribution in [2.45, 2.75) is 71.4 Å². The number of thioether (sulfide) groups is 1. The lowest BCUT2D eigenvalue weighted by Crippen LogP contribution is -2.51. The monoisotopic (exact) mass is 391 g/mol. The summed E-state index contributed by atoms with van der Waals surface area (Å²) in [5, 5.41) is 6.57. The first-order valence-electron chi connectivity index (χ1n) is 9.29. The molecular formula is C18H34ClN3O2S. The summed E-state index contributed by atoms with van der Waals surface area (Å²) >= 11 is 1.66. The lowest BCUT2D eigenvalue weighted by molar-refractivity contribution is -0.144.